The molecule has 0 unspecified atom stereocenters. The van der Waals surface area contributed by atoms with Crippen molar-refractivity contribution in [3.8, 4) is 0 Å². The van der Waals surface area contributed by atoms with Gasteiger partial charge in [0.15, 0.2) is 0 Å². The minimum absolute atomic E-state index is 0.134. The molecule has 0 bridgehead atoms. The van der Waals surface area contributed by atoms with Crippen LogP contribution in [0.4, 0.5) is 0 Å². The molecule has 1 saturated heterocycles. The Morgan fingerprint density at radius 1 is 1.41 bits per heavy atom. The monoisotopic (exact) mass is 234 g/mol. The first-order valence-corrected chi connectivity index (χ1v) is 6.33. The largest absolute Gasteiger partial charge is 0.392 e. The van der Waals surface area contributed by atoms with Gasteiger partial charge < -0.3 is 10.4 Å². The number of aliphatic hydroxyl groups excluding tert-OH is 1. The average molecular weight is 234 g/mol. The molecule has 0 amide bonds. The number of nitrogens with zero attached hydrogens (tertiary/aromatic N) is 1. The summed E-state index contributed by atoms with van der Waals surface area (Å²) in [6.45, 7) is 4.89. The molecule has 1 aromatic carbocycles. The highest BCUT2D eigenvalue weighted by Gasteiger charge is 2.22. The number of nitrogens with one attached hydrogen (secondary N) is 1. The lowest BCUT2D eigenvalue weighted by Crippen LogP contribution is -2.33. The predicted octanol–water partition coefficient (Wildman–Crippen LogP) is 1.32. The van der Waals surface area contributed by atoms with Crippen molar-refractivity contribution in [3.63, 3.8) is 0 Å². The topological polar surface area (TPSA) is 35.5 Å². The number of rotatable bonds is 4. The fourth-order valence-electron chi connectivity index (χ4n) is 2.40. The van der Waals surface area contributed by atoms with Crippen LogP contribution in [0, 0.1) is 6.92 Å². The number of β-amino-alcohol motifs (C(OH)–C–C–N with tert-alkyl or cyclic N) is 1. The summed E-state index contributed by atoms with van der Waals surface area (Å²) in [5.74, 6) is 0. The highest BCUT2D eigenvalue weighted by atomic mass is 16.3. The van der Waals surface area contributed by atoms with E-state index in [1.54, 1.807) is 0 Å². The van der Waals surface area contributed by atoms with E-state index in [0.717, 1.165) is 26.1 Å². The summed E-state index contributed by atoms with van der Waals surface area (Å²) in [6, 6.07) is 9.02. The van der Waals surface area contributed by atoms with E-state index in [4.69, 9.17) is 0 Å². The third-order valence-electron chi connectivity index (χ3n) is 3.52. The van der Waals surface area contributed by atoms with Gasteiger partial charge in [0.1, 0.15) is 0 Å². The fraction of sp³-hybridized carbons (Fsp3) is 0.571. The summed E-state index contributed by atoms with van der Waals surface area (Å²) >= 11 is 0. The van der Waals surface area contributed by atoms with Gasteiger partial charge in [-0.05, 0) is 26.0 Å². The van der Waals surface area contributed by atoms with Gasteiger partial charge in [0, 0.05) is 25.7 Å². The zero-order valence-electron chi connectivity index (χ0n) is 10.7. The van der Waals surface area contributed by atoms with Gasteiger partial charge in [-0.15, -0.1) is 0 Å². The standard InChI is InChI=1S/C14H22N2O/c1-11-3-5-12(6-4-11)14(15-2)10-16-8-7-13(17)9-16/h3-6,13-15,17H,7-10H2,1-2H3/t13-,14+/m0/s1. The van der Waals surface area contributed by atoms with E-state index >= 15 is 0 Å². The Morgan fingerprint density at radius 2 is 2.12 bits per heavy atom. The van der Waals surface area contributed by atoms with Crippen LogP contribution in [0.5, 0.6) is 0 Å². The van der Waals surface area contributed by atoms with Crippen LogP contribution in [-0.2, 0) is 0 Å². The van der Waals surface area contributed by atoms with E-state index in [-0.39, 0.29) is 6.10 Å². The lowest BCUT2D eigenvalue weighted by atomic mass is 10.0. The molecule has 2 N–H and O–H groups in total. The summed E-state index contributed by atoms with van der Waals surface area (Å²) in [5, 5.41) is 12.9. The smallest absolute Gasteiger partial charge is 0.0679 e. The van der Waals surface area contributed by atoms with E-state index in [1.807, 2.05) is 7.05 Å². The van der Waals surface area contributed by atoms with E-state index in [1.165, 1.54) is 11.1 Å². The van der Waals surface area contributed by atoms with Crippen molar-refractivity contribution in [1.29, 1.82) is 0 Å². The maximum atomic E-state index is 9.53. The molecule has 1 heterocycles. The molecule has 1 aliphatic heterocycles. The third-order valence-corrected chi connectivity index (χ3v) is 3.52. The van der Waals surface area contributed by atoms with Crippen LogP contribution < -0.4 is 5.32 Å². The Labute approximate surface area is 103 Å². The van der Waals surface area contributed by atoms with Gasteiger partial charge in [0.05, 0.1) is 6.10 Å². The van der Waals surface area contributed by atoms with Crippen LogP contribution in [0.15, 0.2) is 24.3 Å². The van der Waals surface area contributed by atoms with E-state index in [9.17, 15) is 5.11 Å². The minimum Gasteiger partial charge on any atom is -0.392 e. The second kappa shape index (κ2) is 5.63. The number of likely N-dealkylation sites (tertiary alicyclic amines) is 1. The second-order valence-electron chi connectivity index (χ2n) is 4.95. The first-order valence-electron chi connectivity index (χ1n) is 6.33. The molecule has 0 radical (unpaired) electrons. The molecule has 17 heavy (non-hydrogen) atoms. The van der Waals surface area contributed by atoms with Crippen molar-refractivity contribution >= 4 is 0 Å². The molecule has 0 aliphatic carbocycles. The molecule has 2 rings (SSSR count). The van der Waals surface area contributed by atoms with Crippen LogP contribution in [0.3, 0.4) is 0 Å². The van der Waals surface area contributed by atoms with Crippen LogP contribution in [0.2, 0.25) is 0 Å². The lowest BCUT2D eigenvalue weighted by Gasteiger charge is -2.23. The van der Waals surface area contributed by atoms with Crippen molar-refractivity contribution < 1.29 is 5.11 Å². The first-order chi connectivity index (χ1) is 8.19. The summed E-state index contributed by atoms with van der Waals surface area (Å²) in [4.78, 5) is 2.33. The summed E-state index contributed by atoms with van der Waals surface area (Å²) in [6.07, 6.45) is 0.773. The van der Waals surface area contributed by atoms with Gasteiger partial charge in [0.2, 0.25) is 0 Å². The van der Waals surface area contributed by atoms with Crippen molar-refractivity contribution in [3.05, 3.63) is 35.4 Å². The molecule has 0 saturated carbocycles. The molecule has 94 valence electrons. The van der Waals surface area contributed by atoms with Crippen molar-refractivity contribution in [2.24, 2.45) is 0 Å². The Bertz CT molecular complexity index is 350. The number of aryl methyl sites for hydroxylation is 1. The highest BCUT2D eigenvalue weighted by Crippen LogP contribution is 2.18. The predicted molar refractivity (Wildman–Crippen MR) is 70.0 cm³/mol. The quantitative estimate of drug-likeness (QED) is 0.825. The zero-order chi connectivity index (χ0) is 12.3. The number of likely N-dealkylation sites (N-methyl/N-ethyl adjacent to an activating group) is 1. The van der Waals surface area contributed by atoms with E-state index in [0.29, 0.717) is 6.04 Å². The first kappa shape index (κ1) is 12.6. The summed E-state index contributed by atoms with van der Waals surface area (Å²) in [7, 11) is 2.00. The molecule has 2 atom stereocenters. The van der Waals surface area contributed by atoms with Gasteiger partial charge >= 0.3 is 0 Å². The molecule has 1 aromatic rings. The highest BCUT2D eigenvalue weighted by molar-refractivity contribution is 5.24. The SMILES string of the molecule is CN[C@H](CN1CC[C@H](O)C1)c1ccc(C)cc1. The van der Waals surface area contributed by atoms with Crippen LogP contribution in [0.25, 0.3) is 0 Å². The maximum absolute atomic E-state index is 9.53. The minimum atomic E-state index is -0.134. The van der Waals surface area contributed by atoms with Gasteiger partial charge in [-0.25, -0.2) is 0 Å². The number of aliphatic hydroxyl groups is 1. The van der Waals surface area contributed by atoms with Crippen LogP contribution in [-0.4, -0.2) is 42.8 Å². The fourth-order valence-corrected chi connectivity index (χ4v) is 2.40. The lowest BCUT2D eigenvalue weighted by molar-refractivity contribution is 0.173. The van der Waals surface area contributed by atoms with Crippen LogP contribution >= 0.6 is 0 Å². The Hall–Kier alpha value is -0.900. The molecule has 0 spiro atoms. The summed E-state index contributed by atoms with van der Waals surface area (Å²) in [5.41, 5.74) is 2.61. The van der Waals surface area contributed by atoms with Gasteiger partial charge in [-0.2, -0.15) is 0 Å². The molecule has 1 fully saturated rings. The number of hydrogen-bond acceptors (Lipinski definition) is 3. The normalized spacial score (nSPS) is 22.9. The molecule has 0 aromatic heterocycles. The van der Waals surface area contributed by atoms with Crippen LogP contribution in [0.1, 0.15) is 23.6 Å². The average Bonchev–Trinajstić information content (AvgIpc) is 2.73. The third kappa shape index (κ3) is 3.28. The summed E-state index contributed by atoms with van der Waals surface area (Å²) < 4.78 is 0. The molecule has 3 heteroatoms. The van der Waals surface area contributed by atoms with Gasteiger partial charge in [-0.1, -0.05) is 29.8 Å². The van der Waals surface area contributed by atoms with E-state index < -0.39 is 0 Å². The second-order valence-corrected chi connectivity index (χ2v) is 4.95. The maximum Gasteiger partial charge on any atom is 0.0679 e. The van der Waals surface area contributed by atoms with Crippen molar-refractivity contribution in [2.75, 3.05) is 26.7 Å². The Kier molecular flexibility index (Phi) is 4.15. The Balaban J connectivity index is 1.98. The van der Waals surface area contributed by atoms with Gasteiger partial charge in [0.25, 0.3) is 0 Å². The number of hydrogen-bond donors (Lipinski definition) is 2. The number of benzene rings is 1. The van der Waals surface area contributed by atoms with Crippen molar-refractivity contribution in [1.82, 2.24) is 10.2 Å². The molecular formula is C14H22N2O. The van der Waals surface area contributed by atoms with Gasteiger partial charge in [-0.3, -0.25) is 4.90 Å². The molecule has 1 aliphatic rings. The van der Waals surface area contributed by atoms with E-state index in [2.05, 4.69) is 41.4 Å². The molecular weight excluding hydrogens is 212 g/mol. The van der Waals surface area contributed by atoms with Crippen molar-refractivity contribution in [2.45, 2.75) is 25.5 Å². The molecule has 3 nitrogen and oxygen atoms in total. The Morgan fingerprint density at radius 3 is 2.65 bits per heavy atom. The zero-order valence-corrected chi connectivity index (χ0v) is 10.7.